The van der Waals surface area contributed by atoms with E-state index >= 15 is 0 Å². The summed E-state index contributed by atoms with van der Waals surface area (Å²) in [5.41, 5.74) is 0. The van der Waals surface area contributed by atoms with Gasteiger partial charge in [-0.2, -0.15) is 0 Å². The van der Waals surface area contributed by atoms with Crippen molar-refractivity contribution < 1.29 is 19.4 Å². The summed E-state index contributed by atoms with van der Waals surface area (Å²) in [6.45, 7) is 6.21. The first kappa shape index (κ1) is 13.9. The zero-order valence-corrected chi connectivity index (χ0v) is 10.3. The van der Waals surface area contributed by atoms with Gasteiger partial charge in [0.15, 0.2) is 0 Å². The maximum absolute atomic E-state index is 11.7. The predicted molar refractivity (Wildman–Crippen MR) is 61.7 cm³/mol. The summed E-state index contributed by atoms with van der Waals surface area (Å²) in [6, 6.07) is -0.540. The highest BCUT2D eigenvalue weighted by Crippen LogP contribution is 2.13. The maximum atomic E-state index is 11.7. The lowest BCUT2D eigenvalue weighted by molar-refractivity contribution is -0.144. The second-order valence-electron chi connectivity index (χ2n) is 4.15. The molecule has 0 aromatic heterocycles. The van der Waals surface area contributed by atoms with Crippen molar-refractivity contribution in [3.63, 3.8) is 0 Å². The van der Waals surface area contributed by atoms with Crippen molar-refractivity contribution in [3.8, 4) is 0 Å². The van der Waals surface area contributed by atoms with Crippen LogP contribution in [0.4, 0.5) is 0 Å². The van der Waals surface area contributed by atoms with Crippen LogP contribution in [0.2, 0.25) is 0 Å². The lowest BCUT2D eigenvalue weighted by Gasteiger charge is -2.38. The van der Waals surface area contributed by atoms with E-state index in [0.29, 0.717) is 26.3 Å². The highest BCUT2D eigenvalue weighted by molar-refractivity contribution is 5.86. The fourth-order valence-electron chi connectivity index (χ4n) is 2.02. The number of aliphatic carboxylic acids is 1. The molecule has 1 aliphatic heterocycles. The number of carboxylic acid groups (broad SMARTS) is 1. The molecule has 1 saturated heterocycles. The number of carbonyl (C=O) groups excluding carboxylic acids is 1. The molecule has 6 heteroatoms. The number of hydrogen-bond donors (Lipinski definition) is 2. The quantitative estimate of drug-likeness (QED) is 0.670. The Kier molecular flexibility index (Phi) is 5.37. The van der Waals surface area contributed by atoms with Gasteiger partial charge in [0.25, 0.3) is 0 Å². The zero-order chi connectivity index (χ0) is 12.8. The molecule has 0 radical (unpaired) electrons. The molecule has 6 nitrogen and oxygen atoms in total. The van der Waals surface area contributed by atoms with Crippen LogP contribution < -0.4 is 5.32 Å². The van der Waals surface area contributed by atoms with E-state index in [2.05, 4.69) is 5.32 Å². The lowest BCUT2D eigenvalue weighted by Crippen LogP contribution is -2.59. The largest absolute Gasteiger partial charge is 0.481 e. The van der Waals surface area contributed by atoms with Crippen molar-refractivity contribution in [2.45, 2.75) is 32.4 Å². The first-order valence-electron chi connectivity index (χ1n) is 5.89. The van der Waals surface area contributed by atoms with E-state index in [1.807, 2.05) is 18.7 Å². The molecule has 1 aliphatic rings. The van der Waals surface area contributed by atoms with Crippen molar-refractivity contribution in [1.29, 1.82) is 0 Å². The molecule has 0 aliphatic carbocycles. The Morgan fingerprint density at radius 2 is 2.41 bits per heavy atom. The second-order valence-corrected chi connectivity index (χ2v) is 4.15. The Hall–Kier alpha value is -1.14. The van der Waals surface area contributed by atoms with Crippen molar-refractivity contribution >= 4 is 11.9 Å². The highest BCUT2D eigenvalue weighted by Gasteiger charge is 2.34. The third-order valence-corrected chi connectivity index (χ3v) is 2.87. The number of nitrogens with one attached hydrogen (secondary N) is 1. The van der Waals surface area contributed by atoms with Gasteiger partial charge in [-0.15, -0.1) is 0 Å². The number of nitrogens with zero attached hydrogens (tertiary/aromatic N) is 1. The van der Waals surface area contributed by atoms with E-state index in [4.69, 9.17) is 9.84 Å². The van der Waals surface area contributed by atoms with Gasteiger partial charge >= 0.3 is 5.97 Å². The number of carbonyl (C=O) groups is 2. The molecule has 1 heterocycles. The summed E-state index contributed by atoms with van der Waals surface area (Å²) >= 11 is 0. The maximum Gasteiger partial charge on any atom is 0.305 e. The molecule has 98 valence electrons. The summed E-state index contributed by atoms with van der Waals surface area (Å²) < 4.78 is 5.32. The second kappa shape index (κ2) is 6.56. The topological polar surface area (TPSA) is 78.9 Å². The standard InChI is InChI=1S/C11H20N2O4/c1-3-17-7-8(2)13-5-4-12-11(16)9(13)6-10(14)15/h8-9H,3-7H2,1-2H3,(H,12,16)(H,14,15). The molecular formula is C11H20N2O4. The molecule has 0 aromatic rings. The van der Waals surface area contributed by atoms with Gasteiger partial charge in [0.2, 0.25) is 5.91 Å². The van der Waals surface area contributed by atoms with Crippen LogP contribution in [0, 0.1) is 0 Å². The molecular weight excluding hydrogens is 224 g/mol. The highest BCUT2D eigenvalue weighted by atomic mass is 16.5. The minimum atomic E-state index is -0.958. The molecule has 1 rings (SSSR count). The molecule has 2 atom stereocenters. The van der Waals surface area contributed by atoms with E-state index in [0.717, 1.165) is 0 Å². The molecule has 1 amide bonds. The third-order valence-electron chi connectivity index (χ3n) is 2.87. The molecule has 2 unspecified atom stereocenters. The SMILES string of the molecule is CCOCC(C)N1CCNC(=O)C1CC(=O)O. The fourth-order valence-corrected chi connectivity index (χ4v) is 2.02. The van der Waals surface area contributed by atoms with Gasteiger partial charge < -0.3 is 15.2 Å². The van der Waals surface area contributed by atoms with Gasteiger partial charge in [-0.25, -0.2) is 0 Å². The minimum Gasteiger partial charge on any atom is -0.481 e. The molecule has 0 bridgehead atoms. The van der Waals surface area contributed by atoms with Gasteiger partial charge in [-0.05, 0) is 13.8 Å². The first-order valence-corrected chi connectivity index (χ1v) is 5.89. The summed E-state index contributed by atoms with van der Waals surface area (Å²) in [4.78, 5) is 24.3. The zero-order valence-electron chi connectivity index (χ0n) is 10.3. The number of rotatable bonds is 6. The minimum absolute atomic E-state index is 0.0466. The average molecular weight is 244 g/mol. The van der Waals surface area contributed by atoms with Crippen LogP contribution in [-0.4, -0.2) is 60.3 Å². The Bertz CT molecular complexity index is 283. The van der Waals surface area contributed by atoms with Gasteiger partial charge in [0.1, 0.15) is 6.04 Å². The molecule has 0 aromatic carbocycles. The Morgan fingerprint density at radius 1 is 1.71 bits per heavy atom. The normalized spacial score (nSPS) is 23.2. The number of amides is 1. The number of hydrogen-bond acceptors (Lipinski definition) is 4. The van der Waals surface area contributed by atoms with Crippen LogP contribution in [0.5, 0.6) is 0 Å². The summed E-state index contributed by atoms with van der Waals surface area (Å²) in [5, 5.41) is 11.5. The Morgan fingerprint density at radius 3 is 3.00 bits per heavy atom. The third kappa shape index (κ3) is 3.98. The van der Waals surface area contributed by atoms with Gasteiger partial charge in [0, 0.05) is 25.7 Å². The van der Waals surface area contributed by atoms with E-state index in [1.165, 1.54) is 0 Å². The van der Waals surface area contributed by atoms with Crippen LogP contribution in [0.15, 0.2) is 0 Å². The Labute approximate surface area is 101 Å². The summed E-state index contributed by atoms with van der Waals surface area (Å²) in [7, 11) is 0. The van der Waals surface area contributed by atoms with Crippen molar-refractivity contribution in [1.82, 2.24) is 10.2 Å². The van der Waals surface area contributed by atoms with Crippen LogP contribution in [0.25, 0.3) is 0 Å². The smallest absolute Gasteiger partial charge is 0.305 e. The van der Waals surface area contributed by atoms with Crippen molar-refractivity contribution in [2.75, 3.05) is 26.3 Å². The number of piperazine rings is 1. The summed E-state index contributed by atoms with van der Waals surface area (Å²) in [6.07, 6.45) is -0.164. The fraction of sp³-hybridized carbons (Fsp3) is 0.818. The monoisotopic (exact) mass is 244 g/mol. The van der Waals surface area contributed by atoms with E-state index in [1.54, 1.807) is 0 Å². The van der Waals surface area contributed by atoms with Crippen LogP contribution in [0.1, 0.15) is 20.3 Å². The van der Waals surface area contributed by atoms with Crippen LogP contribution in [-0.2, 0) is 14.3 Å². The van der Waals surface area contributed by atoms with E-state index < -0.39 is 12.0 Å². The van der Waals surface area contributed by atoms with Crippen LogP contribution >= 0.6 is 0 Å². The van der Waals surface area contributed by atoms with Crippen molar-refractivity contribution in [3.05, 3.63) is 0 Å². The number of carboxylic acids is 1. The molecule has 0 spiro atoms. The van der Waals surface area contributed by atoms with E-state index in [9.17, 15) is 9.59 Å². The van der Waals surface area contributed by atoms with Gasteiger partial charge in [-0.1, -0.05) is 0 Å². The molecule has 2 N–H and O–H groups in total. The van der Waals surface area contributed by atoms with Gasteiger partial charge in [0.05, 0.1) is 13.0 Å². The molecule has 17 heavy (non-hydrogen) atoms. The van der Waals surface area contributed by atoms with E-state index in [-0.39, 0.29) is 18.4 Å². The lowest BCUT2D eigenvalue weighted by atomic mass is 10.1. The summed E-state index contributed by atoms with van der Waals surface area (Å²) in [5.74, 6) is -1.16. The van der Waals surface area contributed by atoms with Crippen molar-refractivity contribution in [2.24, 2.45) is 0 Å². The molecule has 0 saturated carbocycles. The molecule has 1 fully saturated rings. The average Bonchev–Trinajstić information content (AvgIpc) is 2.28. The number of ether oxygens (including phenoxy) is 1. The van der Waals surface area contributed by atoms with Crippen LogP contribution in [0.3, 0.4) is 0 Å². The predicted octanol–water partition coefficient (Wildman–Crippen LogP) is -0.313. The Balaban J connectivity index is 2.64. The van der Waals surface area contributed by atoms with Gasteiger partial charge in [-0.3, -0.25) is 14.5 Å². The first-order chi connectivity index (χ1) is 8.06.